The van der Waals surface area contributed by atoms with Crippen LogP contribution in [0.1, 0.15) is 38.1 Å². The van der Waals surface area contributed by atoms with Gasteiger partial charge in [-0.25, -0.2) is 0 Å². The maximum absolute atomic E-state index is 4.49. The van der Waals surface area contributed by atoms with Gasteiger partial charge in [-0.15, -0.1) is 0 Å². The third-order valence-electron chi connectivity index (χ3n) is 4.92. The van der Waals surface area contributed by atoms with Crippen LogP contribution in [-0.2, 0) is 13.6 Å². The highest BCUT2D eigenvalue weighted by Gasteiger charge is 2.39. The van der Waals surface area contributed by atoms with Gasteiger partial charge >= 0.3 is 0 Å². The van der Waals surface area contributed by atoms with E-state index >= 15 is 0 Å². The number of aryl methyl sites for hydroxylation is 2. The summed E-state index contributed by atoms with van der Waals surface area (Å²) in [7, 11) is 2.07. The number of nitrogens with zero attached hydrogens (tertiary/aromatic N) is 3. The topological polar surface area (TPSA) is 33.1 Å². The molecule has 0 spiro atoms. The first-order chi connectivity index (χ1) is 9.54. The number of hydrogen-bond donors (Lipinski definition) is 1. The van der Waals surface area contributed by atoms with Crippen LogP contribution in [0.25, 0.3) is 0 Å². The van der Waals surface area contributed by atoms with Gasteiger partial charge in [0.1, 0.15) is 0 Å². The minimum absolute atomic E-state index is 0.624. The van der Waals surface area contributed by atoms with Gasteiger partial charge in [-0.3, -0.25) is 9.58 Å². The molecule has 0 bridgehead atoms. The molecule has 0 radical (unpaired) electrons. The molecule has 0 aromatic carbocycles. The van der Waals surface area contributed by atoms with E-state index in [0.29, 0.717) is 12.0 Å². The van der Waals surface area contributed by atoms with Crippen molar-refractivity contribution in [3.05, 3.63) is 17.5 Å². The van der Waals surface area contributed by atoms with Crippen LogP contribution in [0, 0.1) is 18.8 Å². The van der Waals surface area contributed by atoms with Crippen LogP contribution in [0.2, 0.25) is 0 Å². The first-order valence-electron chi connectivity index (χ1n) is 8.01. The van der Waals surface area contributed by atoms with E-state index in [1.54, 1.807) is 0 Å². The quantitative estimate of drug-likeness (QED) is 0.912. The first-order valence-corrected chi connectivity index (χ1v) is 8.01. The van der Waals surface area contributed by atoms with Crippen LogP contribution >= 0.6 is 0 Å². The number of piperazine rings is 1. The molecule has 3 rings (SSSR count). The van der Waals surface area contributed by atoms with Crippen molar-refractivity contribution in [2.45, 2.75) is 52.2 Å². The van der Waals surface area contributed by atoms with Crippen molar-refractivity contribution >= 4 is 0 Å². The van der Waals surface area contributed by atoms with Gasteiger partial charge in [-0.2, -0.15) is 5.10 Å². The normalized spacial score (nSPS) is 28.2. The Hall–Kier alpha value is -0.870. The lowest BCUT2D eigenvalue weighted by Crippen LogP contribution is -2.58. The van der Waals surface area contributed by atoms with Crippen molar-refractivity contribution < 1.29 is 0 Å². The average Bonchev–Trinajstić information content (AvgIpc) is 3.17. The molecule has 1 aliphatic carbocycles. The van der Waals surface area contributed by atoms with E-state index in [0.717, 1.165) is 30.7 Å². The molecule has 4 heteroatoms. The predicted octanol–water partition coefficient (Wildman–Crippen LogP) is 1.94. The van der Waals surface area contributed by atoms with Gasteiger partial charge in [0.25, 0.3) is 0 Å². The van der Waals surface area contributed by atoms with Crippen LogP contribution < -0.4 is 5.32 Å². The summed E-state index contributed by atoms with van der Waals surface area (Å²) >= 11 is 0. The summed E-state index contributed by atoms with van der Waals surface area (Å²) in [5.41, 5.74) is 2.47. The molecule has 2 fully saturated rings. The Morgan fingerprint density at radius 3 is 2.70 bits per heavy atom. The van der Waals surface area contributed by atoms with Gasteiger partial charge in [-0.1, -0.05) is 13.8 Å². The fourth-order valence-electron chi connectivity index (χ4n) is 3.45. The molecule has 20 heavy (non-hydrogen) atoms. The molecule has 2 unspecified atom stereocenters. The summed E-state index contributed by atoms with van der Waals surface area (Å²) in [5.74, 6) is 1.62. The fourth-order valence-corrected chi connectivity index (χ4v) is 3.45. The van der Waals surface area contributed by atoms with Crippen molar-refractivity contribution in [3.63, 3.8) is 0 Å². The lowest BCUT2D eigenvalue weighted by atomic mass is 9.97. The molecule has 0 amide bonds. The highest BCUT2D eigenvalue weighted by atomic mass is 15.3. The van der Waals surface area contributed by atoms with Crippen LogP contribution in [0.5, 0.6) is 0 Å². The second kappa shape index (κ2) is 5.49. The summed E-state index contributed by atoms with van der Waals surface area (Å²) in [6, 6.07) is 3.58. The zero-order valence-electron chi connectivity index (χ0n) is 13.3. The molecular formula is C16H28N4. The Balaban J connectivity index is 1.73. The standard InChI is InChI=1S/C16H28N4/c1-11(2)15-10-20(16(8-17-15)13-5-6-13)9-14-7-12(3)18-19(14)4/h7,11,13,15-17H,5-6,8-10H2,1-4H3. The molecule has 1 aliphatic heterocycles. The summed E-state index contributed by atoms with van der Waals surface area (Å²) in [6.45, 7) is 10.1. The van der Waals surface area contributed by atoms with Crippen LogP contribution in [0.15, 0.2) is 6.07 Å². The summed E-state index contributed by atoms with van der Waals surface area (Å²) in [6.07, 6.45) is 2.83. The van der Waals surface area contributed by atoms with Crippen LogP contribution in [-0.4, -0.2) is 39.9 Å². The molecular weight excluding hydrogens is 248 g/mol. The molecule has 2 heterocycles. The first kappa shape index (κ1) is 14.1. The van der Waals surface area contributed by atoms with Gasteiger partial charge < -0.3 is 5.32 Å². The molecule has 1 saturated carbocycles. The Morgan fingerprint density at radius 1 is 1.40 bits per heavy atom. The number of rotatable bonds is 4. The number of nitrogens with one attached hydrogen (secondary N) is 1. The number of aromatic nitrogens is 2. The minimum Gasteiger partial charge on any atom is -0.311 e. The summed E-state index contributed by atoms with van der Waals surface area (Å²) < 4.78 is 2.05. The molecule has 1 N–H and O–H groups in total. The van der Waals surface area contributed by atoms with Crippen molar-refractivity contribution in [1.82, 2.24) is 20.0 Å². The average molecular weight is 276 g/mol. The van der Waals surface area contributed by atoms with Crippen LogP contribution in [0.4, 0.5) is 0 Å². The van der Waals surface area contributed by atoms with Crippen molar-refractivity contribution in [2.24, 2.45) is 18.9 Å². The SMILES string of the molecule is Cc1cc(CN2CC(C(C)C)NCC2C2CC2)n(C)n1. The summed E-state index contributed by atoms with van der Waals surface area (Å²) in [5, 5.41) is 8.25. The molecule has 4 nitrogen and oxygen atoms in total. The van der Waals surface area contributed by atoms with E-state index in [9.17, 15) is 0 Å². The molecule has 1 aromatic rings. The van der Waals surface area contributed by atoms with E-state index in [2.05, 4.69) is 49.2 Å². The zero-order chi connectivity index (χ0) is 14.3. The second-order valence-corrected chi connectivity index (χ2v) is 6.99. The Kier molecular flexibility index (Phi) is 3.87. The van der Waals surface area contributed by atoms with Gasteiger partial charge in [-0.05, 0) is 37.7 Å². The van der Waals surface area contributed by atoms with Gasteiger partial charge in [0.05, 0.1) is 11.4 Å². The minimum atomic E-state index is 0.624. The van der Waals surface area contributed by atoms with Gasteiger partial charge in [0, 0.05) is 38.8 Å². The third kappa shape index (κ3) is 2.91. The molecule has 112 valence electrons. The largest absolute Gasteiger partial charge is 0.311 e. The lowest BCUT2D eigenvalue weighted by molar-refractivity contribution is 0.0902. The van der Waals surface area contributed by atoms with E-state index in [1.807, 2.05) is 4.68 Å². The Bertz CT molecular complexity index is 461. The molecule has 2 aliphatic rings. The smallest absolute Gasteiger partial charge is 0.0597 e. The monoisotopic (exact) mass is 276 g/mol. The van der Waals surface area contributed by atoms with E-state index in [4.69, 9.17) is 0 Å². The molecule has 2 atom stereocenters. The molecule has 1 aromatic heterocycles. The van der Waals surface area contributed by atoms with Crippen molar-refractivity contribution in [1.29, 1.82) is 0 Å². The lowest BCUT2D eigenvalue weighted by Gasteiger charge is -2.42. The second-order valence-electron chi connectivity index (χ2n) is 6.99. The van der Waals surface area contributed by atoms with Crippen molar-refractivity contribution in [2.75, 3.05) is 13.1 Å². The predicted molar refractivity (Wildman–Crippen MR) is 81.5 cm³/mol. The van der Waals surface area contributed by atoms with Crippen LogP contribution in [0.3, 0.4) is 0 Å². The zero-order valence-corrected chi connectivity index (χ0v) is 13.3. The highest BCUT2D eigenvalue weighted by Crippen LogP contribution is 2.37. The van der Waals surface area contributed by atoms with E-state index < -0.39 is 0 Å². The Morgan fingerprint density at radius 2 is 2.15 bits per heavy atom. The Labute approximate surface area is 122 Å². The molecule has 1 saturated heterocycles. The maximum Gasteiger partial charge on any atom is 0.0597 e. The fraction of sp³-hybridized carbons (Fsp3) is 0.812. The van der Waals surface area contributed by atoms with E-state index in [-0.39, 0.29) is 0 Å². The van der Waals surface area contributed by atoms with Crippen molar-refractivity contribution in [3.8, 4) is 0 Å². The summed E-state index contributed by atoms with van der Waals surface area (Å²) in [4.78, 5) is 2.70. The number of hydrogen-bond acceptors (Lipinski definition) is 3. The third-order valence-corrected chi connectivity index (χ3v) is 4.92. The van der Waals surface area contributed by atoms with Gasteiger partial charge in [0.2, 0.25) is 0 Å². The van der Waals surface area contributed by atoms with E-state index in [1.165, 1.54) is 25.1 Å². The van der Waals surface area contributed by atoms with Gasteiger partial charge in [0.15, 0.2) is 0 Å². The highest BCUT2D eigenvalue weighted by molar-refractivity contribution is 5.09. The maximum atomic E-state index is 4.49.